The number of nitrogens with two attached hydrogens (primary N) is 1. The van der Waals surface area contributed by atoms with E-state index in [1.165, 1.54) is 11.3 Å². The molecule has 5 atom stereocenters. The topological polar surface area (TPSA) is 143 Å². The first kappa shape index (κ1) is 28.8. The molecular weight excluding hydrogens is 550 g/mol. The number of fused-ring (bicyclic) bond motifs is 1. The number of aromatic nitrogens is 3. The number of allylic oxidation sites excluding steroid dienone is 1. The maximum absolute atomic E-state index is 14.4. The van der Waals surface area contributed by atoms with Crippen LogP contribution in [-0.2, 0) is 14.4 Å². The van der Waals surface area contributed by atoms with E-state index in [4.69, 9.17) is 10.7 Å². The van der Waals surface area contributed by atoms with Gasteiger partial charge in [0, 0.05) is 24.3 Å². The van der Waals surface area contributed by atoms with Crippen molar-refractivity contribution in [3.05, 3.63) is 35.2 Å². The van der Waals surface area contributed by atoms with Crippen molar-refractivity contribution in [1.82, 2.24) is 25.2 Å². The SMILES string of the molecule is CC(C)(C)CC(Nc1nc(-c2cnccn2)cs1)C(=O)N1CC2(CC1C(=O)NC1CC3CCC3=C(N)C1=O)CC2(C)C. The number of carbonyl (C=O) groups is 3. The van der Waals surface area contributed by atoms with Crippen LogP contribution in [0.2, 0.25) is 0 Å². The summed E-state index contributed by atoms with van der Waals surface area (Å²) >= 11 is 1.41. The van der Waals surface area contributed by atoms with Gasteiger partial charge >= 0.3 is 0 Å². The Kier molecular flexibility index (Phi) is 6.94. The fraction of sp³-hybridized carbons (Fsp3) is 0.613. The van der Waals surface area contributed by atoms with E-state index in [2.05, 4.69) is 55.2 Å². The van der Waals surface area contributed by atoms with E-state index in [0.717, 1.165) is 24.8 Å². The Labute approximate surface area is 251 Å². The lowest BCUT2D eigenvalue weighted by Gasteiger charge is -2.39. The van der Waals surface area contributed by atoms with E-state index in [0.29, 0.717) is 48.0 Å². The maximum atomic E-state index is 14.4. The Balaban J connectivity index is 1.24. The Hall–Kier alpha value is -3.34. The predicted octanol–water partition coefficient (Wildman–Crippen LogP) is 3.91. The number of nitrogens with one attached hydrogen (secondary N) is 2. The predicted molar refractivity (Wildman–Crippen MR) is 161 cm³/mol. The zero-order valence-corrected chi connectivity index (χ0v) is 25.9. The highest BCUT2D eigenvalue weighted by Crippen LogP contribution is 2.69. The van der Waals surface area contributed by atoms with Crippen LogP contribution in [0.1, 0.15) is 73.1 Å². The number of hydrogen-bond acceptors (Lipinski definition) is 9. The zero-order valence-electron chi connectivity index (χ0n) is 25.1. The van der Waals surface area contributed by atoms with Crippen molar-refractivity contribution in [2.24, 2.45) is 27.9 Å². The molecule has 3 aliphatic carbocycles. The molecule has 2 amide bonds. The summed E-state index contributed by atoms with van der Waals surface area (Å²) < 4.78 is 0. The van der Waals surface area contributed by atoms with Crippen LogP contribution in [0, 0.1) is 22.2 Å². The van der Waals surface area contributed by atoms with Crippen LogP contribution < -0.4 is 16.4 Å². The monoisotopic (exact) mass is 591 g/mol. The fourth-order valence-corrected chi connectivity index (χ4v) is 7.91. The molecular formula is C31H41N7O3S. The summed E-state index contributed by atoms with van der Waals surface area (Å²) in [5.41, 5.74) is 8.65. The highest BCUT2D eigenvalue weighted by molar-refractivity contribution is 7.14. The Morgan fingerprint density at radius 3 is 2.62 bits per heavy atom. The minimum atomic E-state index is -0.643. The van der Waals surface area contributed by atoms with Crippen LogP contribution in [0.4, 0.5) is 5.13 Å². The number of anilines is 1. The number of thiazole rings is 1. The van der Waals surface area contributed by atoms with Gasteiger partial charge < -0.3 is 21.3 Å². The second-order valence-electron chi connectivity index (χ2n) is 14.5. The Morgan fingerprint density at radius 2 is 2.00 bits per heavy atom. The van der Waals surface area contributed by atoms with Gasteiger partial charge in [-0.2, -0.15) is 0 Å². The van der Waals surface area contributed by atoms with Gasteiger partial charge in [0.2, 0.25) is 17.6 Å². The van der Waals surface area contributed by atoms with Gasteiger partial charge in [0.1, 0.15) is 23.5 Å². The van der Waals surface area contributed by atoms with Crippen LogP contribution in [0.25, 0.3) is 11.4 Å². The van der Waals surface area contributed by atoms with Crippen molar-refractivity contribution in [2.45, 2.75) is 91.3 Å². The minimum absolute atomic E-state index is 0.0447. The third-order valence-corrected chi connectivity index (χ3v) is 10.6. The summed E-state index contributed by atoms with van der Waals surface area (Å²) in [7, 11) is 0. The number of likely N-dealkylation sites (tertiary alicyclic amines) is 1. The molecule has 1 saturated heterocycles. The van der Waals surface area contributed by atoms with Gasteiger partial charge in [0.25, 0.3) is 0 Å². The van der Waals surface area contributed by atoms with Crippen molar-refractivity contribution >= 4 is 34.1 Å². The third-order valence-electron chi connectivity index (χ3n) is 9.87. The summed E-state index contributed by atoms with van der Waals surface area (Å²) in [4.78, 5) is 56.2. The van der Waals surface area contributed by atoms with Gasteiger partial charge in [-0.1, -0.05) is 34.6 Å². The molecule has 5 unspecified atom stereocenters. The first-order valence-electron chi connectivity index (χ1n) is 14.9. The highest BCUT2D eigenvalue weighted by Gasteiger charge is 2.67. The van der Waals surface area contributed by atoms with E-state index in [1.54, 1.807) is 23.5 Å². The van der Waals surface area contributed by atoms with Gasteiger partial charge in [-0.15, -0.1) is 11.3 Å². The van der Waals surface area contributed by atoms with Crippen LogP contribution in [0.5, 0.6) is 0 Å². The lowest BCUT2D eigenvalue weighted by Crippen LogP contribution is -2.56. The molecule has 0 bridgehead atoms. The highest BCUT2D eigenvalue weighted by atomic mass is 32.1. The van der Waals surface area contributed by atoms with Crippen molar-refractivity contribution in [1.29, 1.82) is 0 Å². The summed E-state index contributed by atoms with van der Waals surface area (Å²) in [6.07, 6.45) is 9.46. The molecule has 10 nitrogen and oxygen atoms in total. The van der Waals surface area contributed by atoms with Crippen LogP contribution in [0.3, 0.4) is 0 Å². The van der Waals surface area contributed by atoms with Gasteiger partial charge in [-0.25, -0.2) is 4.98 Å². The number of nitrogens with zero attached hydrogens (tertiary/aromatic N) is 4. The average molecular weight is 592 g/mol. The smallest absolute Gasteiger partial charge is 0.245 e. The van der Waals surface area contributed by atoms with Crippen molar-refractivity contribution in [2.75, 3.05) is 11.9 Å². The molecule has 2 aromatic heterocycles. The Bertz CT molecular complexity index is 1450. The molecule has 1 aliphatic heterocycles. The van der Waals surface area contributed by atoms with E-state index in [1.807, 2.05) is 5.38 Å². The van der Waals surface area contributed by atoms with E-state index < -0.39 is 18.1 Å². The third kappa shape index (κ3) is 5.20. The molecule has 3 heterocycles. The summed E-state index contributed by atoms with van der Waals surface area (Å²) in [6, 6.07) is -1.85. The van der Waals surface area contributed by atoms with E-state index in [-0.39, 0.29) is 39.8 Å². The second kappa shape index (κ2) is 10.1. The number of hydrogen-bond donors (Lipinski definition) is 3. The maximum Gasteiger partial charge on any atom is 0.245 e. The largest absolute Gasteiger partial charge is 0.396 e. The number of Topliss-reactive ketones (excluding diaryl/α,β-unsaturated/α-hetero) is 1. The normalized spacial score (nSPS) is 28.7. The molecule has 2 aromatic rings. The van der Waals surface area contributed by atoms with Gasteiger partial charge in [0.15, 0.2) is 5.13 Å². The second-order valence-corrected chi connectivity index (χ2v) is 15.3. The first-order chi connectivity index (χ1) is 19.8. The quantitative estimate of drug-likeness (QED) is 0.440. The summed E-state index contributed by atoms with van der Waals surface area (Å²) in [5, 5.41) is 8.94. The minimum Gasteiger partial charge on any atom is -0.396 e. The average Bonchev–Trinajstić information content (AvgIpc) is 3.26. The molecule has 4 N–H and O–H groups in total. The van der Waals surface area contributed by atoms with Crippen LogP contribution in [-0.4, -0.2) is 62.1 Å². The number of ketones is 1. The number of rotatable bonds is 7. The standard InChI is InChI=1S/C31H41N7O3S/c1-29(2,3)11-20(36-28-37-22(14-42-28)21-13-33-8-9-34-21)27(41)38-16-31(15-30(31,4)5)12-23(38)26(40)35-19-10-17-6-7-18(17)24(32)25(19)39/h8-9,13-14,17,19-20,23H,6-7,10-12,15-16,32H2,1-5H3,(H,35,40)(H,36,37). The Morgan fingerprint density at radius 1 is 1.24 bits per heavy atom. The van der Waals surface area contributed by atoms with Crippen LogP contribution >= 0.6 is 11.3 Å². The van der Waals surface area contributed by atoms with E-state index >= 15 is 0 Å². The number of amides is 2. The van der Waals surface area contributed by atoms with Gasteiger partial charge in [-0.3, -0.25) is 24.4 Å². The van der Waals surface area contributed by atoms with Crippen molar-refractivity contribution < 1.29 is 14.4 Å². The van der Waals surface area contributed by atoms with Crippen molar-refractivity contribution in [3.8, 4) is 11.4 Å². The first-order valence-corrected chi connectivity index (χ1v) is 15.8. The van der Waals surface area contributed by atoms with Gasteiger partial charge in [-0.05, 0) is 66.3 Å². The van der Waals surface area contributed by atoms with Gasteiger partial charge in [0.05, 0.1) is 17.9 Å². The molecule has 0 radical (unpaired) electrons. The molecule has 0 aromatic carbocycles. The molecule has 6 rings (SSSR count). The summed E-state index contributed by atoms with van der Waals surface area (Å²) in [5.74, 6) is -0.294. The lowest BCUT2D eigenvalue weighted by molar-refractivity contribution is -0.140. The molecule has 2 saturated carbocycles. The fourth-order valence-electron chi connectivity index (χ4n) is 7.16. The molecule has 3 fully saturated rings. The van der Waals surface area contributed by atoms with E-state index in [9.17, 15) is 14.4 Å². The zero-order chi connectivity index (χ0) is 30.0. The summed E-state index contributed by atoms with van der Waals surface area (Å²) in [6.45, 7) is 11.2. The molecule has 42 heavy (non-hydrogen) atoms. The van der Waals surface area contributed by atoms with Crippen molar-refractivity contribution in [3.63, 3.8) is 0 Å². The van der Waals surface area contributed by atoms with Crippen LogP contribution in [0.15, 0.2) is 35.2 Å². The molecule has 4 aliphatic rings. The lowest BCUT2D eigenvalue weighted by atomic mass is 9.69. The number of carbonyl (C=O) groups excluding carboxylic acids is 3. The molecule has 11 heteroatoms. The molecule has 224 valence electrons. The molecule has 1 spiro atoms.